The first-order chi connectivity index (χ1) is 10.6. The van der Waals surface area contributed by atoms with E-state index in [1.807, 2.05) is 0 Å². The minimum absolute atomic E-state index is 1.25. The fraction of sp³-hybridized carbons (Fsp3) is 0.190. The van der Waals surface area contributed by atoms with E-state index in [-0.39, 0.29) is 0 Å². The van der Waals surface area contributed by atoms with Crippen LogP contribution in [-0.4, -0.2) is 0 Å². The van der Waals surface area contributed by atoms with Crippen LogP contribution in [0, 0.1) is 20.8 Å². The third-order valence-electron chi connectivity index (χ3n) is 4.42. The van der Waals surface area contributed by atoms with Crippen LogP contribution < -0.4 is 4.57 Å². The lowest BCUT2D eigenvalue weighted by molar-refractivity contribution is -0.660. The maximum Gasteiger partial charge on any atom is 0.212 e. The highest BCUT2D eigenvalue weighted by Gasteiger charge is 2.16. The molecule has 1 heterocycles. The van der Waals surface area contributed by atoms with Crippen LogP contribution in [0.3, 0.4) is 0 Å². The monoisotopic (exact) mass is 288 g/mol. The first-order valence-corrected chi connectivity index (χ1v) is 7.71. The van der Waals surface area contributed by atoms with Crippen LogP contribution in [0.25, 0.3) is 22.4 Å². The van der Waals surface area contributed by atoms with Crippen molar-refractivity contribution < 1.29 is 4.57 Å². The maximum atomic E-state index is 2.24. The number of rotatable bonds is 2. The van der Waals surface area contributed by atoms with Gasteiger partial charge in [-0.05, 0) is 60.7 Å². The van der Waals surface area contributed by atoms with Crippen molar-refractivity contribution in [1.82, 2.24) is 0 Å². The Balaban J connectivity index is 2.28. The minimum Gasteiger partial charge on any atom is -0.201 e. The third kappa shape index (κ3) is 2.43. The molecule has 2 aromatic carbocycles. The van der Waals surface area contributed by atoms with Crippen LogP contribution >= 0.6 is 0 Å². The van der Waals surface area contributed by atoms with Crippen molar-refractivity contribution in [3.05, 3.63) is 77.5 Å². The summed E-state index contributed by atoms with van der Waals surface area (Å²) in [6.07, 6.45) is 2.10. The van der Waals surface area contributed by atoms with E-state index in [1.165, 1.54) is 39.1 Å². The number of pyridine rings is 1. The van der Waals surface area contributed by atoms with Crippen molar-refractivity contribution in [3.63, 3.8) is 0 Å². The van der Waals surface area contributed by atoms with Gasteiger partial charge in [-0.1, -0.05) is 30.3 Å². The van der Waals surface area contributed by atoms with Crippen molar-refractivity contribution in [2.75, 3.05) is 0 Å². The molecule has 1 nitrogen and oxygen atoms in total. The molecule has 1 aromatic heterocycles. The Labute approximate surface area is 132 Å². The summed E-state index contributed by atoms with van der Waals surface area (Å²) in [7, 11) is 2.10. The molecule has 0 fully saturated rings. The molecule has 0 amide bonds. The zero-order valence-electron chi connectivity index (χ0n) is 13.7. The largest absolute Gasteiger partial charge is 0.212 e. The van der Waals surface area contributed by atoms with Gasteiger partial charge in [0.05, 0.1) is 0 Å². The Morgan fingerprint density at radius 3 is 2.14 bits per heavy atom. The quantitative estimate of drug-likeness (QED) is 0.598. The van der Waals surface area contributed by atoms with Gasteiger partial charge < -0.3 is 0 Å². The molecule has 0 aliphatic carbocycles. The second kappa shape index (κ2) is 5.76. The lowest BCUT2D eigenvalue weighted by atomic mass is 9.89. The van der Waals surface area contributed by atoms with Crippen molar-refractivity contribution in [2.45, 2.75) is 20.8 Å². The second-order valence-corrected chi connectivity index (χ2v) is 5.94. The van der Waals surface area contributed by atoms with Gasteiger partial charge in [0.1, 0.15) is 7.05 Å². The van der Waals surface area contributed by atoms with E-state index in [0.717, 1.165) is 0 Å². The number of hydrogen-bond donors (Lipinski definition) is 0. The average Bonchev–Trinajstić information content (AvgIpc) is 2.50. The van der Waals surface area contributed by atoms with Crippen molar-refractivity contribution >= 4 is 0 Å². The summed E-state index contributed by atoms with van der Waals surface area (Å²) in [4.78, 5) is 0. The zero-order valence-corrected chi connectivity index (χ0v) is 13.7. The topological polar surface area (TPSA) is 3.88 Å². The molecule has 1 heteroatoms. The number of aryl methyl sites for hydroxylation is 3. The Morgan fingerprint density at radius 2 is 1.41 bits per heavy atom. The number of benzene rings is 2. The molecule has 0 saturated carbocycles. The van der Waals surface area contributed by atoms with Gasteiger partial charge in [0.25, 0.3) is 0 Å². The van der Waals surface area contributed by atoms with Crippen LogP contribution in [-0.2, 0) is 7.05 Å². The van der Waals surface area contributed by atoms with Crippen molar-refractivity contribution in [1.29, 1.82) is 0 Å². The van der Waals surface area contributed by atoms with Crippen LogP contribution in [0.15, 0.2) is 60.8 Å². The summed E-state index contributed by atoms with van der Waals surface area (Å²) in [5.41, 5.74) is 9.23. The van der Waals surface area contributed by atoms with Gasteiger partial charge in [-0.3, -0.25) is 0 Å². The van der Waals surface area contributed by atoms with Gasteiger partial charge in [0.2, 0.25) is 5.69 Å². The van der Waals surface area contributed by atoms with Gasteiger partial charge >= 0.3 is 0 Å². The normalized spacial score (nSPS) is 10.7. The zero-order chi connectivity index (χ0) is 15.7. The molecule has 0 radical (unpaired) electrons. The number of nitrogens with zero attached hydrogens (tertiary/aromatic N) is 1. The van der Waals surface area contributed by atoms with Crippen molar-refractivity contribution in [3.8, 4) is 22.4 Å². The van der Waals surface area contributed by atoms with E-state index in [2.05, 4.69) is 93.2 Å². The van der Waals surface area contributed by atoms with Gasteiger partial charge in [-0.15, -0.1) is 0 Å². The van der Waals surface area contributed by atoms with Crippen LogP contribution in [0.2, 0.25) is 0 Å². The fourth-order valence-corrected chi connectivity index (χ4v) is 3.20. The molecule has 0 spiro atoms. The summed E-state index contributed by atoms with van der Waals surface area (Å²) in [5, 5.41) is 0. The first kappa shape index (κ1) is 14.5. The molecule has 0 bridgehead atoms. The van der Waals surface area contributed by atoms with Gasteiger partial charge in [-0.2, -0.15) is 0 Å². The Hall–Kier alpha value is -2.41. The molecule has 0 unspecified atom stereocenters. The minimum atomic E-state index is 1.25. The third-order valence-corrected chi connectivity index (χ3v) is 4.42. The summed E-state index contributed by atoms with van der Waals surface area (Å²) in [6, 6.07) is 19.4. The summed E-state index contributed by atoms with van der Waals surface area (Å²) in [5.74, 6) is 0. The lowest BCUT2D eigenvalue weighted by Crippen LogP contribution is -2.30. The average molecular weight is 288 g/mol. The molecular weight excluding hydrogens is 266 g/mol. The standard InChI is InChI=1S/C21H22N/c1-15-9-5-6-10-18(15)21-16(2)12-13-19(17(21)3)20-11-7-8-14-22(20)4/h5-14H,1-4H3/q+1. The Morgan fingerprint density at radius 1 is 0.682 bits per heavy atom. The van der Waals surface area contributed by atoms with Crippen LogP contribution in [0.4, 0.5) is 0 Å². The number of hydrogen-bond acceptors (Lipinski definition) is 0. The van der Waals surface area contributed by atoms with E-state index >= 15 is 0 Å². The van der Waals surface area contributed by atoms with Crippen LogP contribution in [0.5, 0.6) is 0 Å². The van der Waals surface area contributed by atoms with Gasteiger partial charge in [-0.25, -0.2) is 4.57 Å². The van der Waals surface area contributed by atoms with E-state index in [1.54, 1.807) is 0 Å². The Kier molecular flexibility index (Phi) is 3.81. The summed E-state index contributed by atoms with van der Waals surface area (Å²) >= 11 is 0. The van der Waals surface area contributed by atoms with E-state index < -0.39 is 0 Å². The smallest absolute Gasteiger partial charge is 0.201 e. The molecule has 110 valence electrons. The molecule has 3 rings (SSSR count). The predicted molar refractivity (Wildman–Crippen MR) is 92.7 cm³/mol. The summed E-state index contributed by atoms with van der Waals surface area (Å²) < 4.78 is 2.18. The van der Waals surface area contributed by atoms with E-state index in [4.69, 9.17) is 0 Å². The maximum absolute atomic E-state index is 2.24. The second-order valence-electron chi connectivity index (χ2n) is 5.94. The highest BCUT2D eigenvalue weighted by Crippen LogP contribution is 2.34. The lowest BCUT2D eigenvalue weighted by Gasteiger charge is -2.15. The summed E-state index contributed by atoms with van der Waals surface area (Å²) in [6.45, 7) is 6.62. The van der Waals surface area contributed by atoms with Gasteiger partial charge in [0, 0.05) is 17.7 Å². The first-order valence-electron chi connectivity index (χ1n) is 7.71. The molecular formula is C21H22N+. The number of aromatic nitrogens is 1. The molecule has 0 N–H and O–H groups in total. The molecule has 22 heavy (non-hydrogen) atoms. The van der Waals surface area contributed by atoms with Gasteiger partial charge in [0.15, 0.2) is 6.20 Å². The van der Waals surface area contributed by atoms with E-state index in [9.17, 15) is 0 Å². The SMILES string of the molecule is Cc1ccccc1-c1c(C)ccc(-c2cccc[n+]2C)c1C. The predicted octanol–water partition coefficient (Wildman–Crippen LogP) is 4.77. The van der Waals surface area contributed by atoms with Crippen molar-refractivity contribution in [2.24, 2.45) is 7.05 Å². The molecule has 0 aliphatic heterocycles. The molecule has 0 aliphatic rings. The highest BCUT2D eigenvalue weighted by molar-refractivity contribution is 5.80. The van der Waals surface area contributed by atoms with Crippen LogP contribution in [0.1, 0.15) is 16.7 Å². The highest BCUT2D eigenvalue weighted by atomic mass is 14.9. The molecule has 0 saturated heterocycles. The molecule has 0 atom stereocenters. The van der Waals surface area contributed by atoms with E-state index in [0.29, 0.717) is 0 Å². The Bertz CT molecular complexity index is 831. The fourth-order valence-electron chi connectivity index (χ4n) is 3.20. The molecule has 3 aromatic rings.